The fourth-order valence-corrected chi connectivity index (χ4v) is 4.85. The zero-order chi connectivity index (χ0) is 18.6. The number of benzene rings is 2. The van der Waals surface area contributed by atoms with Gasteiger partial charge in [0, 0.05) is 5.56 Å². The maximum Gasteiger partial charge on any atom is 0.240 e. The molecule has 5 nitrogen and oxygen atoms in total. The fraction of sp³-hybridized carbons (Fsp3) is 0.400. The van der Waals surface area contributed by atoms with E-state index in [2.05, 4.69) is 30.8 Å². The van der Waals surface area contributed by atoms with E-state index in [4.69, 9.17) is 0 Å². The lowest BCUT2D eigenvalue weighted by Crippen LogP contribution is -3.30. The number of nitrogens with one attached hydrogen (secondary N) is 3. The summed E-state index contributed by atoms with van der Waals surface area (Å²) >= 11 is 0. The molecule has 1 fully saturated rings. The molecule has 0 aromatic heterocycles. The minimum Gasteiger partial charge on any atom is -0.328 e. The molecule has 3 N–H and O–H groups in total. The molecule has 1 aliphatic rings. The molecule has 26 heavy (non-hydrogen) atoms. The van der Waals surface area contributed by atoms with Gasteiger partial charge in [-0.3, -0.25) is 0 Å². The van der Waals surface area contributed by atoms with Crippen LogP contribution in [0.3, 0.4) is 0 Å². The number of hydrogen-bond acceptors (Lipinski definition) is 2. The average molecular weight is 376 g/mol. The quantitative estimate of drug-likeness (QED) is 0.625. The molecule has 0 saturated carbocycles. The Balaban J connectivity index is 1.85. The highest BCUT2D eigenvalue weighted by Crippen LogP contribution is 2.18. The van der Waals surface area contributed by atoms with Gasteiger partial charge >= 0.3 is 0 Å². The van der Waals surface area contributed by atoms with E-state index in [0.717, 1.165) is 26.2 Å². The van der Waals surface area contributed by atoms with Gasteiger partial charge in [-0.1, -0.05) is 48.5 Å². The van der Waals surface area contributed by atoms with Crippen LogP contribution in [-0.2, 0) is 15.6 Å². The molecule has 1 heterocycles. The van der Waals surface area contributed by atoms with Gasteiger partial charge in [0.2, 0.25) is 10.0 Å². The molecule has 2 aromatic rings. The molecule has 0 aliphatic carbocycles. The number of likely N-dealkylation sites (N-methyl/N-ethyl adjacent to an activating group) is 1. The van der Waals surface area contributed by atoms with Crippen LogP contribution in [0.4, 0.5) is 0 Å². The first-order valence-corrected chi connectivity index (χ1v) is 10.7. The van der Waals surface area contributed by atoms with Gasteiger partial charge in [-0.05, 0) is 19.1 Å². The first-order valence-electron chi connectivity index (χ1n) is 9.18. The maximum absolute atomic E-state index is 12.7. The molecular formula is C20H29N3O2S+2. The lowest BCUT2D eigenvalue weighted by atomic mass is 9.89. The van der Waals surface area contributed by atoms with Crippen LogP contribution in [0.25, 0.3) is 0 Å². The van der Waals surface area contributed by atoms with Crippen LogP contribution in [0.15, 0.2) is 65.6 Å². The van der Waals surface area contributed by atoms with Crippen LogP contribution in [0, 0.1) is 0 Å². The van der Waals surface area contributed by atoms with Crippen molar-refractivity contribution in [2.75, 3.05) is 39.8 Å². The van der Waals surface area contributed by atoms with Crippen molar-refractivity contribution in [3.05, 3.63) is 66.2 Å². The molecule has 1 aliphatic heterocycles. The summed E-state index contributed by atoms with van der Waals surface area (Å²) in [6.45, 7) is 6.81. The normalized spacial score (nSPS) is 23.3. The smallest absolute Gasteiger partial charge is 0.240 e. The van der Waals surface area contributed by atoms with Gasteiger partial charge in [-0.2, -0.15) is 0 Å². The number of quaternary nitrogens is 2. The van der Waals surface area contributed by atoms with E-state index in [1.807, 2.05) is 24.3 Å². The summed E-state index contributed by atoms with van der Waals surface area (Å²) in [7, 11) is -1.30. The minimum atomic E-state index is -3.52. The number of piperazine rings is 1. The summed E-state index contributed by atoms with van der Waals surface area (Å²) < 4.78 is 28.3. The zero-order valence-corrected chi connectivity index (χ0v) is 16.4. The molecule has 0 unspecified atom stereocenters. The molecule has 0 amide bonds. The Kier molecular flexibility index (Phi) is 5.77. The fourth-order valence-electron chi connectivity index (χ4n) is 3.69. The summed E-state index contributed by atoms with van der Waals surface area (Å²) in [5.41, 5.74) is 0.870. The summed E-state index contributed by atoms with van der Waals surface area (Å²) in [6.07, 6.45) is 0. The molecule has 140 valence electrons. The predicted octanol–water partition coefficient (Wildman–Crippen LogP) is -0.706. The van der Waals surface area contributed by atoms with E-state index in [9.17, 15) is 8.42 Å². The molecule has 6 heteroatoms. The van der Waals surface area contributed by atoms with Crippen molar-refractivity contribution in [2.45, 2.75) is 17.4 Å². The Bertz CT molecular complexity index is 803. The van der Waals surface area contributed by atoms with Crippen molar-refractivity contribution >= 4 is 10.0 Å². The van der Waals surface area contributed by atoms with Gasteiger partial charge in [0.05, 0.1) is 18.5 Å². The van der Waals surface area contributed by atoms with E-state index in [-0.39, 0.29) is 5.54 Å². The minimum absolute atomic E-state index is 0.302. The van der Waals surface area contributed by atoms with Gasteiger partial charge in [0.25, 0.3) is 0 Å². The Labute approximate surface area is 156 Å². The van der Waals surface area contributed by atoms with Gasteiger partial charge in [-0.25, -0.2) is 13.1 Å². The van der Waals surface area contributed by atoms with Crippen molar-refractivity contribution in [3.8, 4) is 0 Å². The van der Waals surface area contributed by atoms with Crippen molar-refractivity contribution in [1.82, 2.24) is 4.72 Å². The van der Waals surface area contributed by atoms with Crippen LogP contribution < -0.4 is 14.5 Å². The Morgan fingerprint density at radius 1 is 0.923 bits per heavy atom. The van der Waals surface area contributed by atoms with E-state index < -0.39 is 10.0 Å². The zero-order valence-electron chi connectivity index (χ0n) is 15.5. The highest BCUT2D eigenvalue weighted by Gasteiger charge is 2.41. The molecule has 0 radical (unpaired) electrons. The van der Waals surface area contributed by atoms with Crippen molar-refractivity contribution in [3.63, 3.8) is 0 Å². The standard InChI is InChI=1S/C20H27N3O2S/c1-20(18-9-5-3-6-10-18,23-15-13-22(2)14-16-23)17-21-26(24,25)19-11-7-4-8-12-19/h3-12,21H,13-17H2,1-2H3/p+2/t20-/m1/s1. The third-order valence-electron chi connectivity index (χ3n) is 5.57. The largest absolute Gasteiger partial charge is 0.328 e. The molecule has 2 aromatic carbocycles. The molecule has 3 rings (SSSR count). The number of sulfonamides is 1. The van der Waals surface area contributed by atoms with E-state index >= 15 is 0 Å². The van der Waals surface area contributed by atoms with Gasteiger partial charge < -0.3 is 9.80 Å². The van der Waals surface area contributed by atoms with Gasteiger partial charge in [0.1, 0.15) is 31.7 Å². The Morgan fingerprint density at radius 3 is 2.04 bits per heavy atom. The third kappa shape index (κ3) is 4.15. The summed E-state index contributed by atoms with van der Waals surface area (Å²) in [6, 6.07) is 18.9. The van der Waals surface area contributed by atoms with Crippen molar-refractivity contribution in [1.29, 1.82) is 0 Å². The average Bonchev–Trinajstić information content (AvgIpc) is 2.68. The second-order valence-corrected chi connectivity index (χ2v) is 9.16. The maximum atomic E-state index is 12.7. The van der Waals surface area contributed by atoms with E-state index in [1.54, 1.807) is 24.3 Å². The topological polar surface area (TPSA) is 55.1 Å². The summed E-state index contributed by atoms with van der Waals surface area (Å²) in [5.74, 6) is 0. The first-order chi connectivity index (χ1) is 12.4. The van der Waals surface area contributed by atoms with Crippen LogP contribution in [-0.4, -0.2) is 48.2 Å². The van der Waals surface area contributed by atoms with Crippen LogP contribution in [0.2, 0.25) is 0 Å². The summed E-state index contributed by atoms with van der Waals surface area (Å²) in [5, 5.41) is 0. The lowest BCUT2D eigenvalue weighted by molar-refractivity contribution is -1.03. The van der Waals surface area contributed by atoms with Crippen LogP contribution in [0.1, 0.15) is 12.5 Å². The van der Waals surface area contributed by atoms with Crippen LogP contribution in [0.5, 0.6) is 0 Å². The molecule has 0 spiro atoms. The highest BCUT2D eigenvalue weighted by molar-refractivity contribution is 7.89. The second-order valence-electron chi connectivity index (χ2n) is 7.40. The van der Waals surface area contributed by atoms with Crippen molar-refractivity contribution < 1.29 is 18.2 Å². The lowest BCUT2D eigenvalue weighted by Gasteiger charge is -2.41. The van der Waals surface area contributed by atoms with E-state index in [1.165, 1.54) is 15.4 Å². The first kappa shape index (κ1) is 19.0. The SMILES string of the molecule is C[NH+]1CC[NH+]([C@](C)(CNS(=O)(=O)c2ccccc2)c2ccccc2)CC1. The second kappa shape index (κ2) is 7.88. The third-order valence-corrected chi connectivity index (χ3v) is 6.98. The number of hydrogen-bond donors (Lipinski definition) is 3. The summed E-state index contributed by atoms with van der Waals surface area (Å²) in [4.78, 5) is 3.28. The van der Waals surface area contributed by atoms with Gasteiger partial charge in [-0.15, -0.1) is 0 Å². The highest BCUT2D eigenvalue weighted by atomic mass is 32.2. The predicted molar refractivity (Wildman–Crippen MR) is 103 cm³/mol. The van der Waals surface area contributed by atoms with Crippen molar-refractivity contribution in [2.24, 2.45) is 0 Å². The Hall–Kier alpha value is -1.73. The Morgan fingerprint density at radius 2 is 1.46 bits per heavy atom. The molecule has 1 saturated heterocycles. The van der Waals surface area contributed by atoms with E-state index in [0.29, 0.717) is 11.4 Å². The van der Waals surface area contributed by atoms with Gasteiger partial charge in [0.15, 0.2) is 0 Å². The van der Waals surface area contributed by atoms with Crippen LogP contribution >= 0.6 is 0 Å². The molecule has 0 bridgehead atoms. The monoisotopic (exact) mass is 375 g/mol. The molecule has 1 atom stereocenters. The molecular weight excluding hydrogens is 346 g/mol. The number of rotatable bonds is 6.